The van der Waals surface area contributed by atoms with Crippen molar-refractivity contribution in [2.45, 2.75) is 0 Å². The van der Waals surface area contributed by atoms with E-state index < -0.39 is 0 Å². The van der Waals surface area contributed by atoms with Gasteiger partial charge in [0.25, 0.3) is 0 Å². The van der Waals surface area contributed by atoms with Crippen LogP contribution in [0.25, 0.3) is 99.9 Å². The molecular formula is C43H25N3O2. The molecule has 3 aromatic heterocycles. The molecule has 224 valence electrons. The van der Waals surface area contributed by atoms with Gasteiger partial charge in [-0.05, 0) is 52.9 Å². The van der Waals surface area contributed by atoms with E-state index in [4.69, 9.17) is 23.8 Å². The highest BCUT2D eigenvalue weighted by atomic mass is 16.3. The number of aromatic nitrogens is 3. The maximum Gasteiger partial charge on any atom is 0.164 e. The largest absolute Gasteiger partial charge is 0.456 e. The molecule has 0 saturated carbocycles. The Balaban J connectivity index is 1.20. The second kappa shape index (κ2) is 10.5. The van der Waals surface area contributed by atoms with Gasteiger partial charge in [0.15, 0.2) is 17.5 Å². The van der Waals surface area contributed by atoms with Crippen molar-refractivity contribution >= 4 is 54.6 Å². The maximum atomic E-state index is 6.40. The van der Waals surface area contributed by atoms with Crippen LogP contribution >= 0.6 is 0 Å². The predicted molar refractivity (Wildman–Crippen MR) is 194 cm³/mol. The third kappa shape index (κ3) is 4.22. The normalized spacial score (nSPS) is 11.8. The fourth-order valence-electron chi connectivity index (χ4n) is 6.82. The molecule has 0 bridgehead atoms. The summed E-state index contributed by atoms with van der Waals surface area (Å²) in [5.74, 6) is 1.76. The number of fused-ring (bicyclic) bond motifs is 8. The number of nitrogens with zero attached hydrogens (tertiary/aromatic N) is 3. The van der Waals surface area contributed by atoms with Gasteiger partial charge in [-0.15, -0.1) is 0 Å². The zero-order valence-electron chi connectivity index (χ0n) is 25.6. The van der Waals surface area contributed by atoms with Crippen LogP contribution in [0.5, 0.6) is 0 Å². The highest BCUT2D eigenvalue weighted by Crippen LogP contribution is 2.38. The van der Waals surface area contributed by atoms with Gasteiger partial charge in [0.1, 0.15) is 22.3 Å². The molecule has 0 amide bonds. The van der Waals surface area contributed by atoms with Gasteiger partial charge in [-0.3, -0.25) is 0 Å². The van der Waals surface area contributed by atoms with Gasteiger partial charge in [-0.25, -0.2) is 15.0 Å². The lowest BCUT2D eigenvalue weighted by Gasteiger charge is -2.11. The zero-order valence-corrected chi connectivity index (χ0v) is 25.6. The third-order valence-corrected chi connectivity index (χ3v) is 9.14. The number of rotatable bonds is 4. The quantitative estimate of drug-likeness (QED) is 0.197. The van der Waals surface area contributed by atoms with E-state index in [1.54, 1.807) is 0 Å². The highest BCUT2D eigenvalue weighted by molar-refractivity contribution is 6.17. The minimum Gasteiger partial charge on any atom is -0.456 e. The molecule has 7 aromatic carbocycles. The molecule has 0 spiro atoms. The van der Waals surface area contributed by atoms with Crippen LogP contribution in [0.3, 0.4) is 0 Å². The van der Waals surface area contributed by atoms with Crippen LogP contribution in [0.1, 0.15) is 0 Å². The van der Waals surface area contributed by atoms with Crippen molar-refractivity contribution in [2.75, 3.05) is 0 Å². The molecule has 0 saturated heterocycles. The second-order valence-corrected chi connectivity index (χ2v) is 12.0. The molecule has 5 nitrogen and oxygen atoms in total. The van der Waals surface area contributed by atoms with Gasteiger partial charge in [-0.2, -0.15) is 0 Å². The molecule has 3 heterocycles. The molecule has 0 aliphatic heterocycles. The van der Waals surface area contributed by atoms with Crippen molar-refractivity contribution in [1.82, 2.24) is 15.0 Å². The lowest BCUT2D eigenvalue weighted by molar-refractivity contribution is 0.669. The zero-order chi connectivity index (χ0) is 31.6. The van der Waals surface area contributed by atoms with Crippen LogP contribution in [0.15, 0.2) is 160 Å². The number of hydrogen-bond acceptors (Lipinski definition) is 5. The summed E-state index contributed by atoms with van der Waals surface area (Å²) in [7, 11) is 0. The van der Waals surface area contributed by atoms with Crippen LogP contribution < -0.4 is 0 Å². The number of furan rings is 2. The molecule has 0 radical (unpaired) electrons. The van der Waals surface area contributed by atoms with Crippen LogP contribution in [0.4, 0.5) is 0 Å². The first kappa shape index (κ1) is 26.6. The Morgan fingerprint density at radius 1 is 0.312 bits per heavy atom. The molecule has 0 N–H and O–H groups in total. The Hall–Kier alpha value is -6.59. The van der Waals surface area contributed by atoms with Gasteiger partial charge in [0.2, 0.25) is 0 Å². The number of hydrogen-bond donors (Lipinski definition) is 0. The first-order valence-electron chi connectivity index (χ1n) is 15.9. The smallest absolute Gasteiger partial charge is 0.164 e. The van der Waals surface area contributed by atoms with Crippen molar-refractivity contribution in [3.63, 3.8) is 0 Å². The molecule has 10 aromatic rings. The summed E-state index contributed by atoms with van der Waals surface area (Å²) >= 11 is 0. The second-order valence-electron chi connectivity index (χ2n) is 12.0. The summed E-state index contributed by atoms with van der Waals surface area (Å²) in [6, 6.07) is 51.6. The molecule has 0 atom stereocenters. The summed E-state index contributed by atoms with van der Waals surface area (Å²) in [5, 5.41) is 6.36. The summed E-state index contributed by atoms with van der Waals surface area (Å²) in [5.41, 5.74) is 8.27. The fourth-order valence-corrected chi connectivity index (χ4v) is 6.82. The Morgan fingerprint density at radius 3 is 1.69 bits per heavy atom. The Morgan fingerprint density at radius 2 is 0.854 bits per heavy atom. The van der Waals surface area contributed by atoms with Gasteiger partial charge in [-0.1, -0.05) is 115 Å². The molecule has 48 heavy (non-hydrogen) atoms. The van der Waals surface area contributed by atoms with Crippen molar-refractivity contribution < 1.29 is 8.83 Å². The molecule has 0 aliphatic carbocycles. The van der Waals surface area contributed by atoms with Crippen LogP contribution in [-0.2, 0) is 0 Å². The number of para-hydroxylation sites is 2. The lowest BCUT2D eigenvalue weighted by atomic mass is 10.0. The first-order chi connectivity index (χ1) is 23.8. The van der Waals surface area contributed by atoms with Crippen molar-refractivity contribution in [3.8, 4) is 45.3 Å². The van der Waals surface area contributed by atoms with Crippen molar-refractivity contribution in [2.24, 2.45) is 0 Å². The molecule has 0 fully saturated rings. The summed E-state index contributed by atoms with van der Waals surface area (Å²) in [6.07, 6.45) is 0. The molecule has 0 aliphatic rings. The lowest BCUT2D eigenvalue weighted by Crippen LogP contribution is -2.00. The van der Waals surface area contributed by atoms with Gasteiger partial charge in [0.05, 0.1) is 0 Å². The monoisotopic (exact) mass is 615 g/mol. The summed E-state index contributed by atoms with van der Waals surface area (Å²) in [4.78, 5) is 15.3. The first-order valence-corrected chi connectivity index (χ1v) is 15.9. The molecule has 0 unspecified atom stereocenters. The van der Waals surface area contributed by atoms with Gasteiger partial charge in [0, 0.05) is 43.6 Å². The van der Waals surface area contributed by atoms with Gasteiger partial charge >= 0.3 is 0 Å². The highest BCUT2D eigenvalue weighted by Gasteiger charge is 2.18. The fraction of sp³-hybridized carbons (Fsp3) is 0. The average Bonchev–Trinajstić information content (AvgIpc) is 3.73. The third-order valence-electron chi connectivity index (χ3n) is 9.14. The van der Waals surface area contributed by atoms with E-state index in [2.05, 4.69) is 97.1 Å². The summed E-state index contributed by atoms with van der Waals surface area (Å²) in [6.45, 7) is 0. The van der Waals surface area contributed by atoms with Crippen molar-refractivity contribution in [1.29, 1.82) is 0 Å². The van der Waals surface area contributed by atoms with Crippen LogP contribution in [0, 0.1) is 0 Å². The number of benzene rings is 7. The Bertz CT molecular complexity index is 2850. The van der Waals surface area contributed by atoms with E-state index >= 15 is 0 Å². The maximum absolute atomic E-state index is 6.40. The molecule has 5 heteroatoms. The minimum absolute atomic E-state index is 0.573. The molecular weight excluding hydrogens is 590 g/mol. The van der Waals surface area contributed by atoms with Crippen molar-refractivity contribution in [3.05, 3.63) is 152 Å². The van der Waals surface area contributed by atoms with Gasteiger partial charge < -0.3 is 8.83 Å². The topological polar surface area (TPSA) is 65.0 Å². The van der Waals surface area contributed by atoms with E-state index in [1.165, 1.54) is 0 Å². The summed E-state index contributed by atoms with van der Waals surface area (Å²) < 4.78 is 12.7. The van der Waals surface area contributed by atoms with E-state index in [0.29, 0.717) is 17.5 Å². The minimum atomic E-state index is 0.573. The van der Waals surface area contributed by atoms with E-state index in [1.807, 2.05) is 54.6 Å². The van der Waals surface area contributed by atoms with Crippen LogP contribution in [-0.4, -0.2) is 15.0 Å². The SMILES string of the molecule is c1ccc(-c2cccc(-c3nc(-c4ccc5c(c4)oc4ccccc45)nc(-c4cccc5c4ccc4c6ccccc6oc54)n3)c2)cc1. The Kier molecular flexibility index (Phi) is 5.81. The van der Waals surface area contributed by atoms with Crippen LogP contribution in [0.2, 0.25) is 0 Å². The standard InChI is InChI=1S/C43H25N3O2/c1-2-10-26(11-3-1)27-12-8-13-28(24-27)41-44-42(29-20-21-33-31-14-4-6-18-37(31)47-39(33)25-29)46-43(45-41)36-17-9-16-34-30(36)22-23-35-32-15-5-7-19-38(32)48-40(34)35/h1-25H. The Labute approximate surface area is 274 Å². The average molecular weight is 616 g/mol. The van der Waals surface area contributed by atoms with E-state index in [9.17, 15) is 0 Å². The molecule has 10 rings (SSSR count). The van der Waals surface area contributed by atoms with E-state index in [-0.39, 0.29) is 0 Å². The predicted octanol–water partition coefficient (Wildman–Crippen LogP) is 11.5. The van der Waals surface area contributed by atoms with E-state index in [0.717, 1.165) is 82.5 Å².